The highest BCUT2D eigenvalue weighted by atomic mass is 32.2. The molecule has 126 valence electrons. The van der Waals surface area contributed by atoms with Crippen LogP contribution in [-0.2, 0) is 10.0 Å². The van der Waals surface area contributed by atoms with E-state index in [0.717, 1.165) is 25.7 Å². The Kier molecular flexibility index (Phi) is 7.09. The Morgan fingerprint density at radius 1 is 1.09 bits per heavy atom. The number of carbonyl (C=O) groups is 1. The molecule has 0 unspecified atom stereocenters. The second-order valence-electron chi connectivity index (χ2n) is 5.37. The van der Waals surface area contributed by atoms with Gasteiger partial charge in [-0.15, -0.1) is 0 Å². The van der Waals surface area contributed by atoms with Crippen molar-refractivity contribution in [2.45, 2.75) is 70.4 Å². The van der Waals surface area contributed by atoms with Crippen LogP contribution in [0.2, 0.25) is 0 Å². The van der Waals surface area contributed by atoms with Crippen molar-refractivity contribution in [3.05, 3.63) is 18.0 Å². The predicted octanol–water partition coefficient (Wildman–Crippen LogP) is 2.40. The molecule has 1 aromatic rings. The van der Waals surface area contributed by atoms with Gasteiger partial charge in [0.05, 0.1) is 0 Å². The number of hydrogen-bond acceptors (Lipinski definition) is 3. The van der Waals surface area contributed by atoms with Crippen molar-refractivity contribution in [3.63, 3.8) is 0 Å². The van der Waals surface area contributed by atoms with E-state index >= 15 is 0 Å². The summed E-state index contributed by atoms with van der Waals surface area (Å²) in [5.74, 6) is -0.280. The second-order valence-corrected chi connectivity index (χ2v) is 7.08. The molecule has 0 saturated heterocycles. The van der Waals surface area contributed by atoms with Gasteiger partial charge in [0.15, 0.2) is 0 Å². The number of sulfonamides is 1. The first-order valence-corrected chi connectivity index (χ1v) is 9.37. The fraction of sp³-hybridized carbons (Fsp3) is 0.667. The number of aromatic amines is 1. The topological polar surface area (TPSA) is 91.1 Å². The van der Waals surface area contributed by atoms with E-state index < -0.39 is 10.0 Å². The minimum atomic E-state index is -3.60. The summed E-state index contributed by atoms with van der Waals surface area (Å²) in [6.07, 6.45) is 4.48. The van der Waals surface area contributed by atoms with E-state index in [1.807, 2.05) is 27.7 Å². The Hall–Kier alpha value is -1.34. The molecule has 0 aliphatic heterocycles. The maximum absolute atomic E-state index is 12.3. The van der Waals surface area contributed by atoms with Crippen molar-refractivity contribution in [1.29, 1.82) is 0 Å². The summed E-state index contributed by atoms with van der Waals surface area (Å²) in [7, 11) is -3.60. The van der Waals surface area contributed by atoms with Crippen LogP contribution in [0.25, 0.3) is 0 Å². The molecule has 1 amide bonds. The van der Waals surface area contributed by atoms with Crippen LogP contribution in [0.1, 0.15) is 63.9 Å². The van der Waals surface area contributed by atoms with Crippen LogP contribution in [0.15, 0.2) is 17.2 Å². The number of aromatic nitrogens is 1. The van der Waals surface area contributed by atoms with Gasteiger partial charge in [-0.2, -0.15) is 0 Å². The summed E-state index contributed by atoms with van der Waals surface area (Å²) < 4.78 is 27.2. The standard InChI is InChI=1S/C15H27N3O3S/c1-5-11(6-2)17-15(19)14-9-13(10-16-14)22(20,21)18-12(7-3)8-4/h9-12,16,18H,5-8H2,1-4H3,(H,17,19). The van der Waals surface area contributed by atoms with Crippen LogP contribution >= 0.6 is 0 Å². The molecule has 0 atom stereocenters. The van der Waals surface area contributed by atoms with E-state index in [0.29, 0.717) is 0 Å². The molecule has 1 rings (SSSR count). The van der Waals surface area contributed by atoms with E-state index in [1.165, 1.54) is 12.3 Å². The Bertz CT molecular complexity index is 573. The lowest BCUT2D eigenvalue weighted by atomic mass is 10.1. The molecule has 0 bridgehead atoms. The van der Waals surface area contributed by atoms with E-state index in [9.17, 15) is 13.2 Å². The van der Waals surface area contributed by atoms with Crippen LogP contribution in [0, 0.1) is 0 Å². The molecule has 0 spiro atoms. The second kappa shape index (κ2) is 8.33. The van der Waals surface area contributed by atoms with Crippen LogP contribution in [0.3, 0.4) is 0 Å². The van der Waals surface area contributed by atoms with Crippen molar-refractivity contribution in [2.75, 3.05) is 0 Å². The smallest absolute Gasteiger partial charge is 0.267 e. The summed E-state index contributed by atoms with van der Waals surface area (Å²) in [4.78, 5) is 14.9. The fourth-order valence-corrected chi connectivity index (χ4v) is 3.55. The van der Waals surface area contributed by atoms with Gasteiger partial charge in [0.25, 0.3) is 5.91 Å². The van der Waals surface area contributed by atoms with Gasteiger partial charge in [-0.05, 0) is 31.7 Å². The largest absolute Gasteiger partial charge is 0.356 e. The first kappa shape index (κ1) is 18.7. The van der Waals surface area contributed by atoms with Gasteiger partial charge in [-0.3, -0.25) is 4.79 Å². The molecule has 1 heterocycles. The highest BCUT2D eigenvalue weighted by Gasteiger charge is 2.21. The zero-order valence-corrected chi connectivity index (χ0v) is 14.6. The third-order valence-electron chi connectivity index (χ3n) is 3.84. The lowest BCUT2D eigenvalue weighted by molar-refractivity contribution is 0.0930. The third-order valence-corrected chi connectivity index (χ3v) is 5.34. The summed E-state index contributed by atoms with van der Waals surface area (Å²) in [5, 5.41) is 2.88. The molecule has 6 nitrogen and oxygen atoms in total. The van der Waals surface area contributed by atoms with Crippen LogP contribution < -0.4 is 10.0 Å². The van der Waals surface area contributed by atoms with Crippen LogP contribution in [-0.4, -0.2) is 31.4 Å². The molecule has 0 aromatic carbocycles. The molecule has 0 radical (unpaired) electrons. The van der Waals surface area contributed by atoms with Crippen molar-refractivity contribution >= 4 is 15.9 Å². The zero-order valence-electron chi connectivity index (χ0n) is 13.8. The number of H-pyrrole nitrogens is 1. The van der Waals surface area contributed by atoms with Gasteiger partial charge >= 0.3 is 0 Å². The molecule has 0 aliphatic rings. The Labute approximate surface area is 133 Å². The van der Waals surface area contributed by atoms with Crippen molar-refractivity contribution < 1.29 is 13.2 Å². The molecule has 1 aromatic heterocycles. The number of rotatable bonds is 9. The van der Waals surface area contributed by atoms with E-state index in [2.05, 4.69) is 15.0 Å². The van der Waals surface area contributed by atoms with Crippen molar-refractivity contribution in [2.24, 2.45) is 0 Å². The molecule has 22 heavy (non-hydrogen) atoms. The predicted molar refractivity (Wildman–Crippen MR) is 87.3 cm³/mol. The average Bonchev–Trinajstić information content (AvgIpc) is 3.01. The monoisotopic (exact) mass is 329 g/mol. The summed E-state index contributed by atoms with van der Waals surface area (Å²) in [5.41, 5.74) is 0.261. The van der Waals surface area contributed by atoms with Gasteiger partial charge in [0.2, 0.25) is 10.0 Å². The molecule has 0 fully saturated rings. The Morgan fingerprint density at radius 2 is 1.64 bits per heavy atom. The lowest BCUT2D eigenvalue weighted by Gasteiger charge is -2.14. The van der Waals surface area contributed by atoms with Gasteiger partial charge < -0.3 is 10.3 Å². The zero-order chi connectivity index (χ0) is 16.8. The minimum Gasteiger partial charge on any atom is -0.356 e. The maximum Gasteiger partial charge on any atom is 0.267 e. The van der Waals surface area contributed by atoms with Crippen LogP contribution in [0.4, 0.5) is 0 Å². The number of amides is 1. The highest BCUT2D eigenvalue weighted by molar-refractivity contribution is 7.89. The first-order valence-electron chi connectivity index (χ1n) is 7.89. The Balaban J connectivity index is 2.84. The summed E-state index contributed by atoms with van der Waals surface area (Å²) in [6.45, 7) is 7.86. The van der Waals surface area contributed by atoms with Crippen LogP contribution in [0.5, 0.6) is 0 Å². The molecule has 3 N–H and O–H groups in total. The highest BCUT2D eigenvalue weighted by Crippen LogP contribution is 2.13. The summed E-state index contributed by atoms with van der Waals surface area (Å²) >= 11 is 0. The van der Waals surface area contributed by atoms with Crippen molar-refractivity contribution in [1.82, 2.24) is 15.0 Å². The third kappa shape index (κ3) is 4.84. The molecule has 0 aliphatic carbocycles. The van der Waals surface area contributed by atoms with Crippen molar-refractivity contribution in [3.8, 4) is 0 Å². The normalized spacial score (nSPS) is 12.1. The molecule has 0 saturated carbocycles. The van der Waals surface area contributed by atoms with E-state index in [1.54, 1.807) is 0 Å². The first-order chi connectivity index (χ1) is 10.4. The SMILES string of the molecule is CCC(CC)NC(=O)c1cc(S(=O)(=O)NC(CC)CC)c[nH]1. The quantitative estimate of drug-likeness (QED) is 0.649. The fourth-order valence-electron chi connectivity index (χ4n) is 2.16. The van der Waals surface area contributed by atoms with E-state index in [4.69, 9.17) is 0 Å². The van der Waals surface area contributed by atoms with E-state index in [-0.39, 0.29) is 28.6 Å². The van der Waals surface area contributed by atoms with Gasteiger partial charge in [-0.1, -0.05) is 27.7 Å². The molecular weight excluding hydrogens is 302 g/mol. The van der Waals surface area contributed by atoms with Gasteiger partial charge in [0, 0.05) is 18.3 Å². The summed E-state index contributed by atoms with van der Waals surface area (Å²) in [6, 6.07) is 1.38. The average molecular weight is 329 g/mol. The molecular formula is C15H27N3O3S. The number of hydrogen-bond donors (Lipinski definition) is 3. The molecule has 7 heteroatoms. The number of carbonyl (C=O) groups excluding carboxylic acids is 1. The lowest BCUT2D eigenvalue weighted by Crippen LogP contribution is -2.34. The van der Waals surface area contributed by atoms with Gasteiger partial charge in [-0.25, -0.2) is 13.1 Å². The minimum absolute atomic E-state index is 0.0918. The maximum atomic E-state index is 12.3. The number of nitrogens with one attached hydrogen (secondary N) is 3. The Morgan fingerprint density at radius 3 is 2.14 bits per heavy atom. The van der Waals surface area contributed by atoms with Gasteiger partial charge in [0.1, 0.15) is 10.6 Å².